The van der Waals surface area contributed by atoms with Gasteiger partial charge in [0.2, 0.25) is 0 Å². The minimum Gasteiger partial charge on any atom is -0.370 e. The number of anilines is 1. The molecule has 3 rings (SSSR count). The second kappa shape index (κ2) is 7.73. The summed E-state index contributed by atoms with van der Waals surface area (Å²) < 4.78 is 39.7. The lowest BCUT2D eigenvalue weighted by atomic mass is 9.96. The van der Waals surface area contributed by atoms with Gasteiger partial charge in [0.05, 0.1) is 21.2 Å². The predicted molar refractivity (Wildman–Crippen MR) is 99.6 cm³/mol. The molecule has 2 aliphatic rings. The molecule has 1 aromatic rings. The van der Waals surface area contributed by atoms with Crippen molar-refractivity contribution >= 4 is 46.3 Å². The zero-order valence-electron chi connectivity index (χ0n) is 14.1. The maximum Gasteiger partial charge on any atom is 0.416 e. The minimum atomic E-state index is -4.59. The van der Waals surface area contributed by atoms with Crippen LogP contribution in [0.2, 0.25) is 5.02 Å². The highest BCUT2D eigenvalue weighted by atomic mass is 35.5. The standard InChI is InChI=1S/C17H17ClF3N3O2S/c18-12-6-11(17(19,20)21)4-10(5-13-15(25)23-16(26)27-13)14(12)24-3-1-2-9(7-22)8-24/h4-6,9H,1-3,7-8,22H2,(H,23,25,26)/b13-5+. The normalized spacial score (nSPS) is 22.5. The van der Waals surface area contributed by atoms with E-state index < -0.39 is 22.9 Å². The highest BCUT2D eigenvalue weighted by Gasteiger charge is 2.34. The first-order valence-corrected chi connectivity index (χ1v) is 9.49. The largest absolute Gasteiger partial charge is 0.416 e. The van der Waals surface area contributed by atoms with Crippen LogP contribution in [0.25, 0.3) is 6.08 Å². The average Bonchev–Trinajstić information content (AvgIpc) is 2.91. The first kappa shape index (κ1) is 20.0. The Morgan fingerprint density at radius 2 is 2.11 bits per heavy atom. The molecule has 146 valence electrons. The van der Waals surface area contributed by atoms with Crippen molar-refractivity contribution in [3.63, 3.8) is 0 Å². The molecular formula is C17H17ClF3N3O2S. The van der Waals surface area contributed by atoms with E-state index in [1.807, 2.05) is 4.90 Å². The van der Waals surface area contributed by atoms with Gasteiger partial charge >= 0.3 is 6.18 Å². The van der Waals surface area contributed by atoms with Crippen molar-refractivity contribution in [3.8, 4) is 0 Å². The van der Waals surface area contributed by atoms with Crippen LogP contribution in [0.15, 0.2) is 17.0 Å². The van der Waals surface area contributed by atoms with Crippen LogP contribution >= 0.6 is 23.4 Å². The van der Waals surface area contributed by atoms with Crippen molar-refractivity contribution in [1.29, 1.82) is 0 Å². The van der Waals surface area contributed by atoms with E-state index in [1.165, 1.54) is 6.08 Å². The van der Waals surface area contributed by atoms with Crippen LogP contribution in [-0.2, 0) is 11.0 Å². The lowest BCUT2D eigenvalue weighted by Crippen LogP contribution is -2.39. The number of nitrogens with zero attached hydrogens (tertiary/aromatic N) is 1. The van der Waals surface area contributed by atoms with Crippen LogP contribution in [0.4, 0.5) is 23.7 Å². The Morgan fingerprint density at radius 3 is 2.70 bits per heavy atom. The number of nitrogens with one attached hydrogen (secondary N) is 1. The quantitative estimate of drug-likeness (QED) is 0.728. The van der Waals surface area contributed by atoms with Crippen molar-refractivity contribution < 1.29 is 22.8 Å². The number of nitrogens with two attached hydrogens (primary N) is 1. The molecule has 0 aromatic heterocycles. The number of hydrogen-bond donors (Lipinski definition) is 2. The summed E-state index contributed by atoms with van der Waals surface area (Å²) in [7, 11) is 0. The molecule has 0 bridgehead atoms. The first-order valence-electron chi connectivity index (χ1n) is 8.29. The molecule has 0 saturated carbocycles. The number of piperidine rings is 1. The number of halogens is 4. The van der Waals surface area contributed by atoms with E-state index in [9.17, 15) is 22.8 Å². The molecule has 0 radical (unpaired) electrons. The molecule has 10 heteroatoms. The molecule has 1 aromatic carbocycles. The third-order valence-electron chi connectivity index (χ3n) is 4.52. The van der Waals surface area contributed by atoms with Crippen LogP contribution < -0.4 is 16.0 Å². The summed E-state index contributed by atoms with van der Waals surface area (Å²) >= 11 is 6.89. The lowest BCUT2D eigenvalue weighted by molar-refractivity contribution is -0.137. The van der Waals surface area contributed by atoms with Gasteiger partial charge in [0.1, 0.15) is 0 Å². The van der Waals surface area contributed by atoms with Gasteiger partial charge in [-0.15, -0.1) is 0 Å². The number of thioether (sulfide) groups is 1. The van der Waals surface area contributed by atoms with Crippen LogP contribution in [0.1, 0.15) is 24.0 Å². The Morgan fingerprint density at radius 1 is 1.37 bits per heavy atom. The molecule has 1 atom stereocenters. The topological polar surface area (TPSA) is 75.4 Å². The van der Waals surface area contributed by atoms with Crippen LogP contribution in [0.5, 0.6) is 0 Å². The van der Waals surface area contributed by atoms with Gasteiger partial charge < -0.3 is 10.6 Å². The van der Waals surface area contributed by atoms with Gasteiger partial charge in [-0.05, 0) is 55.3 Å². The van der Waals surface area contributed by atoms with Crippen molar-refractivity contribution in [2.45, 2.75) is 19.0 Å². The van der Waals surface area contributed by atoms with Crippen molar-refractivity contribution in [2.24, 2.45) is 11.7 Å². The number of imide groups is 1. The fraction of sp³-hybridized carbons (Fsp3) is 0.412. The number of rotatable bonds is 3. The van der Waals surface area contributed by atoms with Gasteiger partial charge in [-0.3, -0.25) is 14.9 Å². The average molecular weight is 420 g/mol. The van der Waals surface area contributed by atoms with E-state index in [0.29, 0.717) is 37.1 Å². The zero-order chi connectivity index (χ0) is 19.8. The molecule has 0 aliphatic carbocycles. The first-order chi connectivity index (χ1) is 12.7. The molecule has 27 heavy (non-hydrogen) atoms. The van der Waals surface area contributed by atoms with Gasteiger partial charge in [-0.25, -0.2) is 0 Å². The van der Waals surface area contributed by atoms with E-state index in [4.69, 9.17) is 17.3 Å². The van der Waals surface area contributed by atoms with E-state index in [-0.39, 0.29) is 21.4 Å². The second-order valence-corrected chi connectivity index (χ2v) is 7.86. The van der Waals surface area contributed by atoms with Gasteiger partial charge in [0.15, 0.2) is 0 Å². The van der Waals surface area contributed by atoms with E-state index in [1.54, 1.807) is 0 Å². The molecule has 3 N–H and O–H groups in total. The summed E-state index contributed by atoms with van der Waals surface area (Å²) in [5.74, 6) is -0.425. The molecule has 1 unspecified atom stereocenters. The summed E-state index contributed by atoms with van der Waals surface area (Å²) in [6.45, 7) is 1.66. The fourth-order valence-corrected chi connectivity index (χ4v) is 4.27. The molecule has 0 spiro atoms. The third-order valence-corrected chi connectivity index (χ3v) is 5.62. The number of amides is 2. The van der Waals surface area contributed by atoms with Crippen molar-refractivity contribution in [2.75, 3.05) is 24.5 Å². The second-order valence-electron chi connectivity index (χ2n) is 6.44. The molecule has 2 aliphatic heterocycles. The molecule has 2 saturated heterocycles. The molecular weight excluding hydrogens is 403 g/mol. The highest BCUT2D eigenvalue weighted by Crippen LogP contribution is 2.41. The van der Waals surface area contributed by atoms with Crippen molar-refractivity contribution in [3.05, 3.63) is 33.2 Å². The zero-order valence-corrected chi connectivity index (χ0v) is 15.7. The number of carbonyl (C=O) groups excluding carboxylic acids is 2. The van der Waals surface area contributed by atoms with Gasteiger partial charge in [0.25, 0.3) is 11.1 Å². The maximum absolute atomic E-state index is 13.2. The summed E-state index contributed by atoms with van der Waals surface area (Å²) in [6, 6.07) is 1.84. The Labute approximate surface area is 163 Å². The van der Waals surface area contributed by atoms with Crippen LogP contribution in [-0.4, -0.2) is 30.8 Å². The van der Waals surface area contributed by atoms with Gasteiger partial charge in [0, 0.05) is 18.7 Å². The minimum absolute atomic E-state index is 0.0315. The monoisotopic (exact) mass is 419 g/mol. The molecule has 2 fully saturated rings. The Balaban J connectivity index is 2.10. The highest BCUT2D eigenvalue weighted by molar-refractivity contribution is 8.18. The summed E-state index contributed by atoms with van der Waals surface area (Å²) in [5.41, 5.74) is 5.41. The van der Waals surface area contributed by atoms with Crippen molar-refractivity contribution in [1.82, 2.24) is 5.32 Å². The van der Waals surface area contributed by atoms with E-state index >= 15 is 0 Å². The third kappa shape index (κ3) is 4.41. The Bertz CT molecular complexity index is 813. The van der Waals surface area contributed by atoms with Gasteiger partial charge in [-0.2, -0.15) is 13.2 Å². The lowest BCUT2D eigenvalue weighted by Gasteiger charge is -2.35. The Kier molecular flexibility index (Phi) is 5.73. The Hall–Kier alpha value is -1.71. The van der Waals surface area contributed by atoms with E-state index in [0.717, 1.165) is 25.0 Å². The fourth-order valence-electron chi connectivity index (χ4n) is 3.25. The summed E-state index contributed by atoms with van der Waals surface area (Å²) in [4.78, 5) is 25.1. The number of benzene rings is 1. The molecule has 5 nitrogen and oxygen atoms in total. The smallest absolute Gasteiger partial charge is 0.370 e. The number of alkyl halides is 3. The molecule has 2 heterocycles. The maximum atomic E-state index is 13.2. The van der Waals surface area contributed by atoms with Gasteiger partial charge in [-0.1, -0.05) is 11.6 Å². The number of carbonyl (C=O) groups is 2. The summed E-state index contributed by atoms with van der Waals surface area (Å²) in [6.07, 6.45) is -1.52. The summed E-state index contributed by atoms with van der Waals surface area (Å²) in [5, 5.41) is 1.48. The van der Waals surface area contributed by atoms with E-state index in [2.05, 4.69) is 5.32 Å². The predicted octanol–water partition coefficient (Wildman–Crippen LogP) is 3.86. The number of hydrogen-bond acceptors (Lipinski definition) is 5. The SMILES string of the molecule is NCC1CCCN(c2c(Cl)cc(C(F)(F)F)cc2/C=C2/SC(=O)NC2=O)C1. The molecule has 2 amide bonds. The van der Waals surface area contributed by atoms with Crippen LogP contribution in [0.3, 0.4) is 0 Å². The van der Waals surface area contributed by atoms with Crippen LogP contribution in [0, 0.1) is 5.92 Å².